The van der Waals surface area contributed by atoms with Crippen LogP contribution in [0.5, 0.6) is 0 Å². The van der Waals surface area contributed by atoms with Crippen LogP contribution in [-0.4, -0.2) is 12.1 Å². The van der Waals surface area contributed by atoms with Gasteiger partial charge in [0.1, 0.15) is 18.1 Å². The SMILES string of the molecule is CC(C#N)=NC=NI. The Balaban J connectivity index is 3.81. The lowest BCUT2D eigenvalue weighted by Gasteiger charge is -1.73. The van der Waals surface area contributed by atoms with E-state index in [0.29, 0.717) is 5.71 Å². The fraction of sp³-hybridized carbons (Fsp3) is 0.250. The van der Waals surface area contributed by atoms with E-state index in [-0.39, 0.29) is 0 Å². The third-order valence-corrected chi connectivity index (χ3v) is 0.706. The minimum atomic E-state index is 0.422. The summed E-state index contributed by atoms with van der Waals surface area (Å²) in [6.07, 6.45) is 1.33. The van der Waals surface area contributed by atoms with Gasteiger partial charge in [-0.25, -0.2) is 8.20 Å². The summed E-state index contributed by atoms with van der Waals surface area (Å²) in [4.78, 5) is 3.62. The first-order chi connectivity index (χ1) is 3.81. The van der Waals surface area contributed by atoms with Crippen LogP contribution in [0, 0.1) is 11.3 Å². The van der Waals surface area contributed by atoms with Crippen molar-refractivity contribution in [1.29, 1.82) is 5.26 Å². The van der Waals surface area contributed by atoms with E-state index >= 15 is 0 Å². The second-order valence-electron chi connectivity index (χ2n) is 1.04. The van der Waals surface area contributed by atoms with Crippen LogP contribution in [-0.2, 0) is 0 Å². The Hall–Kier alpha value is -0.440. The summed E-state index contributed by atoms with van der Waals surface area (Å²) < 4.78 is 3.53. The zero-order chi connectivity index (χ0) is 6.41. The van der Waals surface area contributed by atoms with Gasteiger partial charge in [-0.2, -0.15) is 5.26 Å². The van der Waals surface area contributed by atoms with Crippen LogP contribution in [0.2, 0.25) is 0 Å². The Bertz CT molecular complexity index is 153. The van der Waals surface area contributed by atoms with Gasteiger partial charge in [0.25, 0.3) is 0 Å². The van der Waals surface area contributed by atoms with Gasteiger partial charge in [-0.1, -0.05) is 0 Å². The van der Waals surface area contributed by atoms with Crippen molar-refractivity contribution >= 4 is 34.9 Å². The Kier molecular flexibility index (Phi) is 4.45. The van der Waals surface area contributed by atoms with E-state index in [0.717, 1.165) is 0 Å². The third kappa shape index (κ3) is 3.74. The maximum absolute atomic E-state index is 8.12. The highest BCUT2D eigenvalue weighted by Gasteiger charge is 1.77. The van der Waals surface area contributed by atoms with Gasteiger partial charge in [0, 0.05) is 0 Å². The smallest absolute Gasteiger partial charge is 0.123 e. The van der Waals surface area contributed by atoms with Crippen molar-refractivity contribution in [3.8, 4) is 6.07 Å². The van der Waals surface area contributed by atoms with E-state index in [2.05, 4.69) is 8.20 Å². The van der Waals surface area contributed by atoms with Crippen LogP contribution < -0.4 is 0 Å². The van der Waals surface area contributed by atoms with Gasteiger partial charge < -0.3 is 0 Å². The lowest BCUT2D eigenvalue weighted by Crippen LogP contribution is -1.82. The third-order valence-electron chi connectivity index (χ3n) is 0.457. The van der Waals surface area contributed by atoms with Gasteiger partial charge in [0.15, 0.2) is 0 Å². The van der Waals surface area contributed by atoms with Crippen molar-refractivity contribution in [2.45, 2.75) is 6.92 Å². The van der Waals surface area contributed by atoms with Gasteiger partial charge in [-0.3, -0.25) is 0 Å². The molecule has 0 heterocycles. The van der Waals surface area contributed by atoms with Crippen molar-refractivity contribution in [2.24, 2.45) is 8.20 Å². The highest BCUT2D eigenvalue weighted by atomic mass is 127. The average Bonchev–Trinajstić information content (AvgIpc) is 1.83. The second-order valence-corrected chi connectivity index (χ2v) is 1.60. The molecule has 0 aromatic carbocycles. The van der Waals surface area contributed by atoms with Crippen molar-refractivity contribution in [1.82, 2.24) is 0 Å². The molecule has 0 aromatic rings. The largest absolute Gasteiger partial charge is 0.230 e. The van der Waals surface area contributed by atoms with Gasteiger partial charge in [0.2, 0.25) is 0 Å². The topological polar surface area (TPSA) is 48.5 Å². The molecule has 8 heavy (non-hydrogen) atoms. The zero-order valence-corrected chi connectivity index (χ0v) is 6.45. The first-order valence-electron chi connectivity index (χ1n) is 1.88. The lowest BCUT2D eigenvalue weighted by molar-refractivity contribution is 1.53. The summed E-state index contributed by atoms with van der Waals surface area (Å²) >= 11 is 1.79. The molecule has 0 fully saturated rings. The van der Waals surface area contributed by atoms with Crippen LogP contribution >= 0.6 is 22.9 Å². The van der Waals surface area contributed by atoms with Crippen LogP contribution in [0.4, 0.5) is 0 Å². The minimum Gasteiger partial charge on any atom is -0.230 e. The van der Waals surface area contributed by atoms with Crippen molar-refractivity contribution < 1.29 is 0 Å². The summed E-state index contributed by atoms with van der Waals surface area (Å²) in [6, 6.07) is 1.86. The molecule has 0 spiro atoms. The molecule has 0 unspecified atom stereocenters. The Labute approximate surface area is 61.6 Å². The highest BCUT2D eigenvalue weighted by Crippen LogP contribution is 1.78. The number of hydrogen-bond donors (Lipinski definition) is 0. The van der Waals surface area contributed by atoms with E-state index in [9.17, 15) is 0 Å². The van der Waals surface area contributed by atoms with E-state index in [1.807, 2.05) is 6.07 Å². The van der Waals surface area contributed by atoms with Gasteiger partial charge >= 0.3 is 0 Å². The maximum atomic E-state index is 8.12. The minimum absolute atomic E-state index is 0.422. The number of halogens is 1. The molecule has 4 heteroatoms. The molecule has 0 saturated carbocycles. The van der Waals surface area contributed by atoms with E-state index in [1.165, 1.54) is 6.34 Å². The molecule has 3 nitrogen and oxygen atoms in total. The normalized spacial score (nSPS) is 11.9. The number of rotatable bonds is 1. The number of nitriles is 1. The van der Waals surface area contributed by atoms with Crippen LogP contribution in [0.15, 0.2) is 8.20 Å². The van der Waals surface area contributed by atoms with Gasteiger partial charge in [0.05, 0.1) is 22.9 Å². The lowest BCUT2D eigenvalue weighted by atomic mass is 10.5. The van der Waals surface area contributed by atoms with Crippen LogP contribution in [0.3, 0.4) is 0 Å². The molecule has 0 atom stereocenters. The second kappa shape index (κ2) is 4.71. The number of aliphatic imine (C=N–C) groups is 1. The monoisotopic (exact) mass is 221 g/mol. The van der Waals surface area contributed by atoms with Crippen molar-refractivity contribution in [3.05, 3.63) is 0 Å². The Morgan fingerprint density at radius 2 is 2.50 bits per heavy atom. The fourth-order valence-electron chi connectivity index (χ4n) is 0.137. The standard InChI is InChI=1S/C4H4IN3/c1-4(2-6)7-3-8-5/h3H,1H3. The first kappa shape index (κ1) is 7.56. The fourth-order valence-corrected chi connectivity index (χ4v) is 0.262. The van der Waals surface area contributed by atoms with Gasteiger partial charge in [-0.05, 0) is 6.92 Å². The van der Waals surface area contributed by atoms with E-state index in [4.69, 9.17) is 5.26 Å². The average molecular weight is 221 g/mol. The summed E-state index contributed by atoms with van der Waals surface area (Å²) in [7, 11) is 0. The molecule has 0 amide bonds. The molecule has 0 radical (unpaired) electrons. The quantitative estimate of drug-likeness (QED) is 0.374. The van der Waals surface area contributed by atoms with Crippen LogP contribution in [0.25, 0.3) is 0 Å². The van der Waals surface area contributed by atoms with Gasteiger partial charge in [-0.15, -0.1) is 0 Å². The number of nitrogens with zero attached hydrogens (tertiary/aromatic N) is 3. The molecule has 0 aromatic heterocycles. The molecule has 42 valence electrons. The summed E-state index contributed by atoms with van der Waals surface area (Å²) in [6.45, 7) is 1.62. The molecule has 0 rings (SSSR count). The van der Waals surface area contributed by atoms with Crippen molar-refractivity contribution in [2.75, 3.05) is 0 Å². The highest BCUT2D eigenvalue weighted by molar-refractivity contribution is 14.1. The van der Waals surface area contributed by atoms with Crippen LogP contribution in [0.1, 0.15) is 6.92 Å². The Morgan fingerprint density at radius 3 is 2.88 bits per heavy atom. The van der Waals surface area contributed by atoms with Crippen molar-refractivity contribution in [3.63, 3.8) is 0 Å². The number of hydrogen-bond acceptors (Lipinski definition) is 2. The maximum Gasteiger partial charge on any atom is 0.123 e. The molecule has 0 aliphatic carbocycles. The summed E-state index contributed by atoms with van der Waals surface area (Å²) in [5.74, 6) is 0. The van der Waals surface area contributed by atoms with E-state index in [1.54, 1.807) is 29.8 Å². The molecule has 0 N–H and O–H groups in total. The molecule has 0 bridgehead atoms. The Morgan fingerprint density at radius 1 is 1.88 bits per heavy atom. The predicted molar refractivity (Wildman–Crippen MR) is 41.2 cm³/mol. The first-order valence-corrected chi connectivity index (χ1v) is 2.85. The molecular formula is C4H4IN3. The summed E-state index contributed by atoms with van der Waals surface area (Å²) in [5, 5.41) is 8.12. The molecule has 0 aliphatic heterocycles. The zero-order valence-electron chi connectivity index (χ0n) is 4.30. The summed E-state index contributed by atoms with van der Waals surface area (Å²) in [5.41, 5.74) is 0.422. The molecule has 0 saturated heterocycles. The predicted octanol–water partition coefficient (Wildman–Crippen LogP) is 1.35. The molecule has 0 aliphatic rings. The molecular weight excluding hydrogens is 217 g/mol. The van der Waals surface area contributed by atoms with E-state index < -0.39 is 0 Å².